The Morgan fingerprint density at radius 3 is 2.70 bits per heavy atom. The van der Waals surface area contributed by atoms with Gasteiger partial charge in [0.05, 0.1) is 23.7 Å². The summed E-state index contributed by atoms with van der Waals surface area (Å²) in [6.07, 6.45) is 7.73. The van der Waals surface area contributed by atoms with Gasteiger partial charge in [0.1, 0.15) is 5.82 Å². The molecule has 0 unspecified atom stereocenters. The van der Waals surface area contributed by atoms with E-state index >= 15 is 0 Å². The minimum Gasteiger partial charge on any atom is -0.388 e. The van der Waals surface area contributed by atoms with E-state index in [1.165, 1.54) is 23.3 Å². The number of allylic oxidation sites excluding steroid dienone is 1. The minimum absolute atomic E-state index is 0.0936. The number of hydrogen-bond donors (Lipinski definition) is 1. The van der Waals surface area contributed by atoms with Crippen LogP contribution in [0.5, 0.6) is 0 Å². The van der Waals surface area contributed by atoms with Crippen LogP contribution in [0.2, 0.25) is 0 Å². The lowest BCUT2D eigenvalue weighted by atomic mass is 9.57. The normalized spacial score (nSPS) is 24.0. The summed E-state index contributed by atoms with van der Waals surface area (Å²) in [4.78, 5) is 0. The van der Waals surface area contributed by atoms with E-state index in [1.807, 2.05) is 23.0 Å². The second kappa shape index (κ2) is 7.21. The first-order valence-electron chi connectivity index (χ1n) is 10.7. The number of aromatic nitrogens is 2. The molecule has 0 bridgehead atoms. The second-order valence-electron chi connectivity index (χ2n) is 9.01. The molecule has 1 fully saturated rings. The molecule has 1 heterocycles. The van der Waals surface area contributed by atoms with E-state index in [-0.39, 0.29) is 17.2 Å². The summed E-state index contributed by atoms with van der Waals surface area (Å²) >= 11 is 0. The van der Waals surface area contributed by atoms with Gasteiger partial charge in [-0.15, -0.1) is 0 Å². The van der Waals surface area contributed by atoms with Gasteiger partial charge in [-0.1, -0.05) is 36.8 Å². The largest absolute Gasteiger partial charge is 0.388 e. The van der Waals surface area contributed by atoms with Crippen molar-refractivity contribution in [1.29, 1.82) is 0 Å². The molecule has 30 heavy (non-hydrogen) atoms. The number of halogens is 1. The zero-order valence-electron chi connectivity index (χ0n) is 17.5. The SMILES string of the molecule is Cc1ccccc1[C@H](O)[C@H]1CCCC2=Cc3c(cnn3-c3ccc(F)cc3)C[C@@]21C. The van der Waals surface area contributed by atoms with Gasteiger partial charge < -0.3 is 5.11 Å². The van der Waals surface area contributed by atoms with E-state index in [1.54, 1.807) is 12.1 Å². The number of fused-ring (bicyclic) bond motifs is 2. The third-order valence-corrected chi connectivity index (χ3v) is 7.23. The number of aliphatic hydroxyl groups is 1. The molecule has 3 atom stereocenters. The summed E-state index contributed by atoms with van der Waals surface area (Å²) in [6.45, 7) is 4.38. The van der Waals surface area contributed by atoms with E-state index in [4.69, 9.17) is 0 Å². The Labute approximate surface area is 176 Å². The average molecular weight is 403 g/mol. The highest BCUT2D eigenvalue weighted by molar-refractivity contribution is 5.61. The highest BCUT2D eigenvalue weighted by Gasteiger charge is 2.46. The van der Waals surface area contributed by atoms with Gasteiger partial charge in [0.15, 0.2) is 0 Å². The molecule has 1 aromatic heterocycles. The Morgan fingerprint density at radius 2 is 1.93 bits per heavy atom. The Bertz CT molecular complexity index is 1110. The van der Waals surface area contributed by atoms with Crippen molar-refractivity contribution in [2.75, 3.05) is 0 Å². The molecule has 0 radical (unpaired) electrons. The molecular formula is C26H27FN2O. The van der Waals surface area contributed by atoms with Crippen LogP contribution in [-0.2, 0) is 6.42 Å². The van der Waals surface area contributed by atoms with Gasteiger partial charge in [-0.2, -0.15) is 5.10 Å². The molecule has 3 nitrogen and oxygen atoms in total. The number of rotatable bonds is 3. The first-order chi connectivity index (χ1) is 14.5. The lowest BCUT2D eigenvalue weighted by Crippen LogP contribution is -2.40. The Hall–Kier alpha value is -2.72. The molecular weight excluding hydrogens is 375 g/mol. The Kier molecular flexibility index (Phi) is 4.62. The summed E-state index contributed by atoms with van der Waals surface area (Å²) in [7, 11) is 0. The molecule has 0 aliphatic heterocycles. The van der Waals surface area contributed by atoms with Gasteiger partial charge in [0.2, 0.25) is 0 Å². The summed E-state index contributed by atoms with van der Waals surface area (Å²) in [6, 6.07) is 14.6. The van der Waals surface area contributed by atoms with E-state index in [0.717, 1.165) is 48.2 Å². The maximum Gasteiger partial charge on any atom is 0.123 e. The molecule has 0 spiro atoms. The van der Waals surface area contributed by atoms with Crippen LogP contribution in [0, 0.1) is 24.1 Å². The smallest absolute Gasteiger partial charge is 0.123 e. The van der Waals surface area contributed by atoms with Gasteiger partial charge in [0.25, 0.3) is 0 Å². The number of benzene rings is 2. The van der Waals surface area contributed by atoms with Crippen molar-refractivity contribution < 1.29 is 9.50 Å². The van der Waals surface area contributed by atoms with Crippen molar-refractivity contribution >= 4 is 6.08 Å². The van der Waals surface area contributed by atoms with Gasteiger partial charge in [-0.25, -0.2) is 9.07 Å². The van der Waals surface area contributed by atoms with Gasteiger partial charge in [-0.3, -0.25) is 0 Å². The van der Waals surface area contributed by atoms with E-state index in [2.05, 4.69) is 37.2 Å². The molecule has 2 aliphatic rings. The fourth-order valence-corrected chi connectivity index (χ4v) is 5.51. The topological polar surface area (TPSA) is 38.1 Å². The van der Waals surface area contributed by atoms with Crippen LogP contribution in [-0.4, -0.2) is 14.9 Å². The molecule has 1 N–H and O–H groups in total. The van der Waals surface area contributed by atoms with Crippen LogP contribution in [0.15, 0.2) is 60.3 Å². The molecule has 1 saturated carbocycles. The lowest BCUT2D eigenvalue weighted by Gasteiger charge is -2.48. The van der Waals surface area contributed by atoms with E-state index < -0.39 is 6.10 Å². The molecule has 0 saturated heterocycles. The lowest BCUT2D eigenvalue weighted by molar-refractivity contribution is 0.0213. The predicted molar refractivity (Wildman–Crippen MR) is 117 cm³/mol. The number of aliphatic hydroxyl groups excluding tert-OH is 1. The van der Waals surface area contributed by atoms with Crippen LogP contribution in [0.25, 0.3) is 11.8 Å². The summed E-state index contributed by atoms with van der Waals surface area (Å²) in [5, 5.41) is 16.0. The zero-order chi connectivity index (χ0) is 20.9. The van der Waals surface area contributed by atoms with Crippen LogP contribution < -0.4 is 0 Å². The van der Waals surface area contributed by atoms with Gasteiger partial charge >= 0.3 is 0 Å². The van der Waals surface area contributed by atoms with Gasteiger partial charge in [-0.05, 0) is 91.0 Å². The van der Waals surface area contributed by atoms with Crippen molar-refractivity contribution in [3.63, 3.8) is 0 Å². The fraction of sp³-hybridized carbons (Fsp3) is 0.346. The second-order valence-corrected chi connectivity index (χ2v) is 9.01. The first kappa shape index (κ1) is 19.3. The number of aryl methyl sites for hydroxylation is 1. The molecule has 2 aliphatic carbocycles. The monoisotopic (exact) mass is 402 g/mol. The summed E-state index contributed by atoms with van der Waals surface area (Å²) < 4.78 is 15.3. The van der Waals surface area contributed by atoms with Crippen molar-refractivity contribution in [3.05, 3.63) is 88.5 Å². The molecule has 4 heteroatoms. The van der Waals surface area contributed by atoms with Crippen molar-refractivity contribution in [3.8, 4) is 5.69 Å². The Morgan fingerprint density at radius 1 is 1.17 bits per heavy atom. The predicted octanol–water partition coefficient (Wildman–Crippen LogP) is 5.80. The van der Waals surface area contributed by atoms with Crippen molar-refractivity contribution in [1.82, 2.24) is 9.78 Å². The third kappa shape index (κ3) is 3.02. The standard InChI is InChI=1S/C26H27FN2O/c1-17-6-3-4-8-22(17)25(30)23-9-5-7-19-14-24-18(15-26(19,23)2)16-28-29(24)21-12-10-20(27)11-13-21/h3-4,6,8,10-14,16,23,25,30H,5,7,9,15H2,1-2H3/t23-,25+,26+/m1/s1. The third-order valence-electron chi connectivity index (χ3n) is 7.23. The first-order valence-corrected chi connectivity index (χ1v) is 10.7. The Balaban J connectivity index is 1.53. The number of hydrogen-bond acceptors (Lipinski definition) is 2. The zero-order valence-corrected chi connectivity index (χ0v) is 17.5. The van der Waals surface area contributed by atoms with Crippen molar-refractivity contribution in [2.45, 2.75) is 45.6 Å². The quantitative estimate of drug-likeness (QED) is 0.601. The van der Waals surface area contributed by atoms with Crippen LogP contribution in [0.1, 0.15) is 54.7 Å². The maximum atomic E-state index is 13.4. The van der Waals surface area contributed by atoms with E-state index in [0.29, 0.717) is 0 Å². The van der Waals surface area contributed by atoms with Crippen LogP contribution in [0.4, 0.5) is 4.39 Å². The van der Waals surface area contributed by atoms with Crippen LogP contribution >= 0.6 is 0 Å². The highest BCUT2D eigenvalue weighted by atomic mass is 19.1. The summed E-state index contributed by atoms with van der Waals surface area (Å²) in [5.41, 5.74) is 6.62. The number of nitrogens with zero attached hydrogens (tertiary/aromatic N) is 2. The van der Waals surface area contributed by atoms with Gasteiger partial charge in [0, 0.05) is 0 Å². The molecule has 0 amide bonds. The molecule has 5 rings (SSSR count). The van der Waals surface area contributed by atoms with Crippen molar-refractivity contribution in [2.24, 2.45) is 11.3 Å². The van der Waals surface area contributed by atoms with E-state index in [9.17, 15) is 9.50 Å². The molecule has 154 valence electrons. The minimum atomic E-state index is -0.478. The fourth-order valence-electron chi connectivity index (χ4n) is 5.51. The highest BCUT2D eigenvalue weighted by Crippen LogP contribution is 2.55. The molecule has 2 aromatic carbocycles. The maximum absolute atomic E-state index is 13.4. The molecule has 3 aromatic rings. The summed E-state index contributed by atoms with van der Waals surface area (Å²) in [5.74, 6) is -0.0769. The van der Waals surface area contributed by atoms with Crippen LogP contribution in [0.3, 0.4) is 0 Å². The average Bonchev–Trinajstić information content (AvgIpc) is 3.14.